The molecule has 0 atom stereocenters. The minimum Gasteiger partial charge on any atom is -0.346 e. The number of hydrogen-bond acceptors (Lipinski definition) is 6. The Labute approximate surface area is 290 Å². The highest BCUT2D eigenvalue weighted by atomic mass is 127. The smallest absolute Gasteiger partial charge is 0.145 e. The van der Waals surface area contributed by atoms with Crippen LogP contribution >= 0.6 is 22.6 Å². The van der Waals surface area contributed by atoms with Crippen LogP contribution in [-0.2, 0) is 13.1 Å². The summed E-state index contributed by atoms with van der Waals surface area (Å²) in [6, 6.07) is 22.3. The molecule has 2 aliphatic rings. The van der Waals surface area contributed by atoms with E-state index in [0.29, 0.717) is 0 Å². The molecule has 0 aliphatic carbocycles. The van der Waals surface area contributed by atoms with Crippen LogP contribution in [0.2, 0.25) is 0 Å². The third-order valence-corrected chi connectivity index (χ3v) is 10.8. The normalized spacial score (nSPS) is 17.3. The average Bonchev–Trinajstić information content (AvgIpc) is 3.71. The van der Waals surface area contributed by atoms with Crippen LogP contribution in [0, 0.1) is 3.57 Å². The lowest BCUT2D eigenvalue weighted by Crippen LogP contribution is -2.44. The van der Waals surface area contributed by atoms with Crippen molar-refractivity contribution in [1.29, 1.82) is 0 Å². The zero-order valence-corrected chi connectivity index (χ0v) is 29.3. The molecular formula is C38H41IN8. The van der Waals surface area contributed by atoms with E-state index in [1.54, 1.807) is 0 Å². The zero-order valence-electron chi connectivity index (χ0n) is 27.2. The fourth-order valence-corrected chi connectivity index (χ4v) is 7.86. The number of rotatable bonds is 7. The summed E-state index contributed by atoms with van der Waals surface area (Å²) in [5.41, 5.74) is 10.5. The number of pyridine rings is 2. The number of benzene rings is 2. The van der Waals surface area contributed by atoms with Crippen LogP contribution in [0.15, 0.2) is 85.5 Å². The number of H-pyrrole nitrogens is 1. The Morgan fingerprint density at radius 3 is 2.06 bits per heavy atom. The van der Waals surface area contributed by atoms with Crippen LogP contribution < -0.4 is 0 Å². The highest BCUT2D eigenvalue weighted by Crippen LogP contribution is 2.36. The van der Waals surface area contributed by atoms with Gasteiger partial charge in [0, 0.05) is 121 Å². The van der Waals surface area contributed by atoms with Crippen molar-refractivity contribution in [2.75, 3.05) is 66.5 Å². The molecule has 8 nitrogen and oxygen atoms in total. The molecule has 6 heterocycles. The first-order valence-electron chi connectivity index (χ1n) is 16.6. The third kappa shape index (κ3) is 6.35. The van der Waals surface area contributed by atoms with E-state index in [4.69, 9.17) is 4.98 Å². The van der Waals surface area contributed by atoms with Gasteiger partial charge in [-0.1, -0.05) is 36.4 Å². The molecule has 1 N–H and O–H groups in total. The van der Waals surface area contributed by atoms with E-state index < -0.39 is 0 Å². The Kier molecular flexibility index (Phi) is 8.57. The number of hydrogen-bond donors (Lipinski definition) is 1. The van der Waals surface area contributed by atoms with Gasteiger partial charge in [-0.25, -0.2) is 9.97 Å². The minimum atomic E-state index is 0.915. The number of nitrogens with one attached hydrogen (secondary N) is 1. The lowest BCUT2D eigenvalue weighted by atomic mass is 9.97. The zero-order chi connectivity index (χ0) is 31.9. The summed E-state index contributed by atoms with van der Waals surface area (Å²) >= 11 is 2.52. The van der Waals surface area contributed by atoms with Gasteiger partial charge < -0.3 is 19.4 Å². The van der Waals surface area contributed by atoms with E-state index in [2.05, 4.69) is 144 Å². The fraction of sp³-hybridized carbons (Fsp3) is 0.316. The highest BCUT2D eigenvalue weighted by Gasteiger charge is 2.22. The average molecular weight is 737 g/mol. The van der Waals surface area contributed by atoms with Crippen LogP contribution in [0.25, 0.3) is 50.0 Å². The van der Waals surface area contributed by atoms with Crippen LogP contribution in [-0.4, -0.2) is 106 Å². The maximum atomic E-state index is 5.16. The first-order valence-corrected chi connectivity index (χ1v) is 17.7. The Balaban J connectivity index is 1.13. The van der Waals surface area contributed by atoms with Crippen molar-refractivity contribution < 1.29 is 0 Å². The SMILES string of the molecule is CN1CCN(Cc2ccc(-c3cnc4c(c(I)cn4-c4ccc(-c5cnc6[nH]ccc6c5)cc4)c3CN3CCN(C)CC3)cc2)CC1. The molecule has 9 heteroatoms. The van der Waals surface area contributed by atoms with Gasteiger partial charge >= 0.3 is 0 Å². The van der Waals surface area contributed by atoms with Crippen LogP contribution in [0.5, 0.6) is 0 Å². The van der Waals surface area contributed by atoms with Crippen LogP contribution in [0.1, 0.15) is 11.1 Å². The first-order chi connectivity index (χ1) is 23.0. The number of nitrogens with zero attached hydrogens (tertiary/aromatic N) is 7. The number of aromatic amines is 1. The molecule has 8 rings (SSSR count). The molecule has 0 spiro atoms. The summed E-state index contributed by atoms with van der Waals surface area (Å²) in [5.74, 6) is 0. The van der Waals surface area contributed by atoms with E-state index in [-0.39, 0.29) is 0 Å². The van der Waals surface area contributed by atoms with Crippen molar-refractivity contribution in [1.82, 2.24) is 39.1 Å². The van der Waals surface area contributed by atoms with Crippen molar-refractivity contribution in [3.63, 3.8) is 0 Å². The molecular weight excluding hydrogens is 695 g/mol. The van der Waals surface area contributed by atoms with E-state index in [0.717, 1.165) is 98.9 Å². The molecule has 4 aromatic heterocycles. The Morgan fingerprint density at radius 2 is 1.36 bits per heavy atom. The molecule has 2 fully saturated rings. The first kappa shape index (κ1) is 30.7. The largest absolute Gasteiger partial charge is 0.346 e. The number of likely N-dealkylation sites (N-methyl/N-ethyl adjacent to an activating group) is 2. The standard InChI is InChI=1S/C38H41IN8/c1-43-13-17-45(18-14-43)24-27-3-5-29(6-4-27)33-23-42-38-36(34(33)25-46-19-15-44(2)16-20-46)35(39)26-47(38)32-9-7-28(8-10-32)31-21-30-11-12-40-37(30)41-22-31/h3-12,21-23,26H,13-20,24-25H2,1-2H3,(H,40,41). The van der Waals surface area contributed by atoms with E-state index in [9.17, 15) is 0 Å². The van der Waals surface area contributed by atoms with Crippen molar-refractivity contribution >= 4 is 44.7 Å². The summed E-state index contributed by atoms with van der Waals surface area (Å²) in [7, 11) is 4.44. The van der Waals surface area contributed by atoms with Crippen LogP contribution in [0.4, 0.5) is 0 Å². The second-order valence-corrected chi connectivity index (χ2v) is 14.4. The quantitative estimate of drug-likeness (QED) is 0.194. The van der Waals surface area contributed by atoms with Crippen molar-refractivity contribution in [2.45, 2.75) is 13.1 Å². The Bertz CT molecular complexity index is 2000. The van der Waals surface area contributed by atoms with Gasteiger partial charge in [-0.05, 0) is 83.2 Å². The molecule has 0 unspecified atom stereocenters. The van der Waals surface area contributed by atoms with Gasteiger partial charge in [-0.15, -0.1) is 0 Å². The molecule has 47 heavy (non-hydrogen) atoms. The second-order valence-electron chi connectivity index (χ2n) is 13.2. The molecule has 240 valence electrons. The highest BCUT2D eigenvalue weighted by molar-refractivity contribution is 14.1. The van der Waals surface area contributed by atoms with Gasteiger partial charge in [0.2, 0.25) is 0 Å². The maximum Gasteiger partial charge on any atom is 0.145 e. The number of halogens is 1. The van der Waals surface area contributed by atoms with Gasteiger partial charge in [0.1, 0.15) is 11.3 Å². The maximum absolute atomic E-state index is 5.16. The number of fused-ring (bicyclic) bond motifs is 2. The van der Waals surface area contributed by atoms with E-state index in [1.807, 2.05) is 12.4 Å². The summed E-state index contributed by atoms with van der Waals surface area (Å²) in [5, 5.41) is 2.38. The van der Waals surface area contributed by atoms with Crippen molar-refractivity contribution in [3.05, 3.63) is 100 Å². The van der Waals surface area contributed by atoms with Gasteiger partial charge in [0.25, 0.3) is 0 Å². The van der Waals surface area contributed by atoms with Crippen molar-refractivity contribution in [3.8, 4) is 27.9 Å². The third-order valence-electron chi connectivity index (χ3n) is 10.00. The molecule has 0 amide bonds. The fourth-order valence-electron chi connectivity index (χ4n) is 7.02. The molecule has 0 radical (unpaired) electrons. The Morgan fingerprint density at radius 1 is 0.702 bits per heavy atom. The summed E-state index contributed by atoms with van der Waals surface area (Å²) in [6.45, 7) is 10.8. The van der Waals surface area contributed by atoms with Gasteiger partial charge in [-0.2, -0.15) is 0 Å². The van der Waals surface area contributed by atoms with Gasteiger partial charge in [0.05, 0.1) is 0 Å². The molecule has 2 aromatic carbocycles. The lowest BCUT2D eigenvalue weighted by Gasteiger charge is -2.33. The lowest BCUT2D eigenvalue weighted by molar-refractivity contribution is 0.148. The summed E-state index contributed by atoms with van der Waals surface area (Å²) in [6.07, 6.45) is 8.23. The Hall–Kier alpha value is -3.61. The molecule has 0 saturated carbocycles. The predicted octanol–water partition coefficient (Wildman–Crippen LogP) is 6.34. The molecule has 2 aliphatic heterocycles. The molecule has 2 saturated heterocycles. The summed E-state index contributed by atoms with van der Waals surface area (Å²) in [4.78, 5) is 22.9. The van der Waals surface area contributed by atoms with Crippen LogP contribution in [0.3, 0.4) is 0 Å². The summed E-state index contributed by atoms with van der Waals surface area (Å²) < 4.78 is 3.49. The monoisotopic (exact) mass is 736 g/mol. The number of piperazine rings is 2. The topological polar surface area (TPSA) is 59.5 Å². The van der Waals surface area contributed by atoms with Gasteiger partial charge in [-0.3, -0.25) is 9.80 Å². The van der Waals surface area contributed by atoms with E-state index >= 15 is 0 Å². The number of aromatic nitrogens is 4. The molecule has 0 bridgehead atoms. The second kappa shape index (κ2) is 13.1. The van der Waals surface area contributed by atoms with E-state index in [1.165, 1.54) is 31.2 Å². The predicted molar refractivity (Wildman–Crippen MR) is 200 cm³/mol. The minimum absolute atomic E-state index is 0.915. The molecule has 6 aromatic rings. The van der Waals surface area contributed by atoms with Gasteiger partial charge in [0.15, 0.2) is 0 Å². The van der Waals surface area contributed by atoms with Crippen molar-refractivity contribution in [2.24, 2.45) is 0 Å².